The van der Waals surface area contributed by atoms with Crippen molar-refractivity contribution in [2.45, 2.75) is 0 Å². The lowest BCUT2D eigenvalue weighted by Gasteiger charge is -2.22. The van der Waals surface area contributed by atoms with E-state index in [9.17, 15) is 4.79 Å². The molecule has 0 spiro atoms. The van der Waals surface area contributed by atoms with E-state index in [0.717, 1.165) is 15.2 Å². The maximum atomic E-state index is 11.8. The van der Waals surface area contributed by atoms with Gasteiger partial charge in [-0.3, -0.25) is 4.79 Å². The van der Waals surface area contributed by atoms with Crippen LogP contribution in [0.1, 0.15) is 0 Å². The highest BCUT2D eigenvalue weighted by molar-refractivity contribution is 14.1. The van der Waals surface area contributed by atoms with E-state index in [2.05, 4.69) is 32.9 Å². The van der Waals surface area contributed by atoms with E-state index >= 15 is 0 Å². The van der Waals surface area contributed by atoms with Gasteiger partial charge in [0.1, 0.15) is 6.54 Å². The van der Waals surface area contributed by atoms with Gasteiger partial charge in [0.15, 0.2) is 5.96 Å². The number of nitrogens with zero attached hydrogens (tertiary/aromatic N) is 3. The second kappa shape index (κ2) is 7.32. The number of rotatable bonds is 3. The van der Waals surface area contributed by atoms with Crippen molar-refractivity contribution in [1.29, 1.82) is 0 Å². The van der Waals surface area contributed by atoms with Crippen LogP contribution < -0.4 is 5.32 Å². The summed E-state index contributed by atoms with van der Waals surface area (Å²) >= 11 is 2.22. The van der Waals surface area contributed by atoms with Crippen molar-refractivity contribution in [2.24, 2.45) is 4.99 Å². The van der Waals surface area contributed by atoms with Gasteiger partial charge in [0.25, 0.3) is 0 Å². The highest BCUT2D eigenvalue weighted by Crippen LogP contribution is 2.10. The summed E-state index contributed by atoms with van der Waals surface area (Å²) in [6.45, 7) is 0.109. The minimum Gasteiger partial charge on any atom is -0.349 e. The molecule has 0 unspecified atom stereocenters. The van der Waals surface area contributed by atoms with Crippen LogP contribution in [0.3, 0.4) is 0 Å². The van der Waals surface area contributed by atoms with E-state index in [4.69, 9.17) is 0 Å². The van der Waals surface area contributed by atoms with Crippen LogP contribution in [0.4, 0.5) is 5.69 Å². The van der Waals surface area contributed by atoms with Gasteiger partial charge in [-0.2, -0.15) is 0 Å². The van der Waals surface area contributed by atoms with Crippen LogP contribution in [0.2, 0.25) is 0 Å². The van der Waals surface area contributed by atoms with Crippen molar-refractivity contribution in [3.05, 3.63) is 27.8 Å². The fourth-order valence-electron chi connectivity index (χ4n) is 1.56. The van der Waals surface area contributed by atoms with Crippen molar-refractivity contribution in [1.82, 2.24) is 9.80 Å². The Kier molecular flexibility index (Phi) is 6.07. The molecule has 6 heteroatoms. The molecule has 0 heterocycles. The number of guanidine groups is 1. The molecule has 0 aliphatic carbocycles. The van der Waals surface area contributed by atoms with Crippen LogP contribution in [-0.2, 0) is 4.79 Å². The van der Waals surface area contributed by atoms with Gasteiger partial charge in [-0.1, -0.05) is 0 Å². The van der Waals surface area contributed by atoms with Crippen LogP contribution in [0, 0.1) is 3.57 Å². The van der Waals surface area contributed by atoms with Crippen LogP contribution >= 0.6 is 22.6 Å². The molecule has 0 aromatic heterocycles. The highest BCUT2D eigenvalue weighted by Gasteiger charge is 2.06. The Labute approximate surface area is 127 Å². The fourth-order valence-corrected chi connectivity index (χ4v) is 1.92. The second-order valence-electron chi connectivity index (χ2n) is 4.46. The molecule has 0 atom stereocenters. The number of hydrogen-bond donors (Lipinski definition) is 1. The van der Waals surface area contributed by atoms with E-state index in [1.54, 1.807) is 0 Å². The molecule has 1 N–H and O–H groups in total. The van der Waals surface area contributed by atoms with Gasteiger partial charge in [-0.15, -0.1) is 0 Å². The first-order chi connectivity index (χ1) is 8.90. The standard InChI is InChI=1S/C13H19IN4O/c1-17(2)13(18(3)4)15-9-12(19)16-11-7-5-10(14)6-8-11/h5-8H,9H2,1-4H3,(H,16,19). The summed E-state index contributed by atoms with van der Waals surface area (Å²) in [4.78, 5) is 19.8. The predicted octanol–water partition coefficient (Wildman–Crippen LogP) is 1.71. The van der Waals surface area contributed by atoms with Crippen molar-refractivity contribution in [3.8, 4) is 0 Å². The molecule has 0 aliphatic rings. The number of anilines is 1. The highest BCUT2D eigenvalue weighted by atomic mass is 127. The predicted molar refractivity (Wildman–Crippen MR) is 87.5 cm³/mol. The summed E-state index contributed by atoms with van der Waals surface area (Å²) < 4.78 is 1.14. The molecule has 1 amide bonds. The largest absolute Gasteiger partial charge is 0.349 e. The van der Waals surface area contributed by atoms with Gasteiger partial charge in [-0.25, -0.2) is 4.99 Å². The summed E-state index contributed by atoms with van der Waals surface area (Å²) in [6, 6.07) is 7.65. The number of hydrogen-bond acceptors (Lipinski definition) is 2. The summed E-state index contributed by atoms with van der Waals surface area (Å²) in [5, 5.41) is 2.82. The molecule has 19 heavy (non-hydrogen) atoms. The Bertz CT molecular complexity index is 444. The quantitative estimate of drug-likeness (QED) is 0.498. The van der Waals surface area contributed by atoms with Crippen molar-refractivity contribution >= 4 is 40.1 Å². The first-order valence-corrected chi connectivity index (χ1v) is 6.92. The molecule has 1 rings (SSSR count). The summed E-state index contributed by atoms with van der Waals surface area (Å²) in [6.07, 6.45) is 0. The number of benzene rings is 1. The van der Waals surface area contributed by atoms with Crippen LogP contribution in [0.15, 0.2) is 29.3 Å². The van der Waals surface area contributed by atoms with Crippen LogP contribution in [0.25, 0.3) is 0 Å². The molecule has 1 aromatic rings. The number of carbonyl (C=O) groups excluding carboxylic acids is 1. The third-order valence-corrected chi connectivity index (χ3v) is 3.01. The van der Waals surface area contributed by atoms with Gasteiger partial charge < -0.3 is 15.1 Å². The number of carbonyl (C=O) groups is 1. The number of nitrogens with one attached hydrogen (secondary N) is 1. The summed E-state index contributed by atoms with van der Waals surface area (Å²) in [5.41, 5.74) is 0.789. The molecule has 1 aromatic carbocycles. The molecule has 5 nitrogen and oxygen atoms in total. The van der Waals surface area contributed by atoms with Gasteiger partial charge in [0, 0.05) is 37.4 Å². The zero-order valence-electron chi connectivity index (χ0n) is 11.6. The van der Waals surface area contributed by atoms with Gasteiger partial charge in [0.2, 0.25) is 5.91 Å². The number of halogens is 1. The topological polar surface area (TPSA) is 47.9 Å². The average molecular weight is 374 g/mol. The summed E-state index contributed by atoms with van der Waals surface area (Å²) in [5.74, 6) is 0.639. The lowest BCUT2D eigenvalue weighted by atomic mass is 10.3. The van der Waals surface area contributed by atoms with E-state index in [0.29, 0.717) is 0 Å². The van der Waals surface area contributed by atoms with E-state index < -0.39 is 0 Å². The molecule has 0 fully saturated rings. The monoisotopic (exact) mass is 374 g/mol. The van der Waals surface area contributed by atoms with Crippen LogP contribution in [0.5, 0.6) is 0 Å². The van der Waals surface area contributed by atoms with E-state index in [1.165, 1.54) is 0 Å². The molecule has 0 saturated heterocycles. The van der Waals surface area contributed by atoms with Gasteiger partial charge >= 0.3 is 0 Å². The maximum Gasteiger partial charge on any atom is 0.246 e. The molecule has 0 radical (unpaired) electrons. The zero-order valence-corrected chi connectivity index (χ0v) is 13.8. The Morgan fingerprint density at radius 1 is 1.16 bits per heavy atom. The Balaban J connectivity index is 2.60. The Hall–Kier alpha value is -1.31. The molecular weight excluding hydrogens is 355 g/mol. The lowest BCUT2D eigenvalue weighted by Crippen LogP contribution is -2.36. The molecular formula is C13H19IN4O. The molecule has 0 bridgehead atoms. The first kappa shape index (κ1) is 15.7. The maximum absolute atomic E-state index is 11.8. The first-order valence-electron chi connectivity index (χ1n) is 5.84. The third kappa shape index (κ3) is 5.46. The van der Waals surface area contributed by atoms with Crippen molar-refractivity contribution in [2.75, 3.05) is 40.1 Å². The lowest BCUT2D eigenvalue weighted by molar-refractivity contribution is -0.114. The Morgan fingerprint density at radius 3 is 2.16 bits per heavy atom. The zero-order chi connectivity index (χ0) is 14.4. The van der Waals surface area contributed by atoms with E-state index in [-0.39, 0.29) is 12.5 Å². The number of amides is 1. The summed E-state index contributed by atoms with van der Waals surface area (Å²) in [7, 11) is 7.59. The third-order valence-electron chi connectivity index (χ3n) is 2.29. The fraction of sp³-hybridized carbons (Fsp3) is 0.385. The molecule has 0 aliphatic heterocycles. The smallest absolute Gasteiger partial charge is 0.246 e. The Morgan fingerprint density at radius 2 is 1.68 bits per heavy atom. The SMILES string of the molecule is CN(C)C(=NCC(=O)Nc1ccc(I)cc1)N(C)C. The molecule has 104 valence electrons. The molecule has 0 saturated carbocycles. The minimum atomic E-state index is -0.123. The van der Waals surface area contributed by atoms with E-state index in [1.807, 2.05) is 62.3 Å². The average Bonchev–Trinajstić information content (AvgIpc) is 2.31. The van der Waals surface area contributed by atoms with Crippen LogP contribution in [-0.4, -0.2) is 56.4 Å². The second-order valence-corrected chi connectivity index (χ2v) is 5.71. The minimum absolute atomic E-state index is 0.109. The van der Waals surface area contributed by atoms with Crippen molar-refractivity contribution < 1.29 is 4.79 Å². The number of aliphatic imine (C=N–C) groups is 1. The normalized spacial score (nSPS) is 9.74. The van der Waals surface area contributed by atoms with Gasteiger partial charge in [0.05, 0.1) is 0 Å². The van der Waals surface area contributed by atoms with Crippen molar-refractivity contribution in [3.63, 3.8) is 0 Å². The van der Waals surface area contributed by atoms with Gasteiger partial charge in [-0.05, 0) is 46.9 Å².